The van der Waals surface area contributed by atoms with Crippen LogP contribution in [0.15, 0.2) is 30.3 Å². The Morgan fingerprint density at radius 1 is 1.16 bits per heavy atom. The van der Waals surface area contributed by atoms with Gasteiger partial charge in [-0.2, -0.15) is 11.8 Å². The van der Waals surface area contributed by atoms with E-state index < -0.39 is 17.9 Å². The van der Waals surface area contributed by atoms with Crippen molar-refractivity contribution in [2.45, 2.75) is 26.3 Å². The summed E-state index contributed by atoms with van der Waals surface area (Å²) < 4.78 is 5.03. The quantitative estimate of drug-likeness (QED) is 0.626. The second-order valence-electron chi connectivity index (χ2n) is 5.46. The summed E-state index contributed by atoms with van der Waals surface area (Å²) in [6.07, 6.45) is 2.38. The monoisotopic (exact) mass is 383 g/mol. The first-order valence-corrected chi connectivity index (χ1v) is 10.5. The molecule has 0 heterocycles. The lowest BCUT2D eigenvalue weighted by molar-refractivity contribution is -0.147. The molecule has 5 nitrogen and oxygen atoms in total. The predicted octanol–water partition coefficient (Wildman–Crippen LogP) is 2.54. The Morgan fingerprint density at radius 3 is 2.40 bits per heavy atom. The van der Waals surface area contributed by atoms with E-state index in [1.54, 1.807) is 6.92 Å². The number of nitrogens with one attached hydrogen (secondary N) is 1. The van der Waals surface area contributed by atoms with Crippen molar-refractivity contribution in [2.75, 3.05) is 24.4 Å². The lowest BCUT2D eigenvalue weighted by Crippen LogP contribution is -2.47. The van der Waals surface area contributed by atoms with E-state index in [4.69, 9.17) is 4.74 Å². The Balaban J connectivity index is 2.81. The van der Waals surface area contributed by atoms with Crippen LogP contribution in [-0.2, 0) is 25.5 Å². The van der Waals surface area contributed by atoms with E-state index in [2.05, 4.69) is 5.32 Å². The van der Waals surface area contributed by atoms with Gasteiger partial charge in [0.05, 0.1) is 12.5 Å². The smallest absolute Gasteiger partial charge is 0.329 e. The summed E-state index contributed by atoms with van der Waals surface area (Å²) in [4.78, 5) is 36.0. The maximum absolute atomic E-state index is 12.7. The molecule has 1 aromatic carbocycles. The minimum absolute atomic E-state index is 0.0306. The molecule has 1 aromatic rings. The standard InChI is InChI=1S/C18H25NO4S2/c1-4-23-18(22)16(12-24-3)19-17(21)15(11-25-13(2)20)10-14-8-6-5-7-9-14/h5-9,15-16H,4,10-12H2,1-3H3,(H,19,21)/t15-,16-/m0/s1. The average Bonchev–Trinajstić information content (AvgIpc) is 2.59. The van der Waals surface area contributed by atoms with Crippen LogP contribution in [-0.4, -0.2) is 47.4 Å². The topological polar surface area (TPSA) is 72.5 Å². The molecule has 0 saturated carbocycles. The van der Waals surface area contributed by atoms with Crippen LogP contribution in [0, 0.1) is 5.92 Å². The number of rotatable bonds is 10. The predicted molar refractivity (Wildman–Crippen MR) is 104 cm³/mol. The van der Waals surface area contributed by atoms with E-state index in [9.17, 15) is 14.4 Å². The van der Waals surface area contributed by atoms with Gasteiger partial charge in [-0.05, 0) is 25.2 Å². The highest BCUT2D eigenvalue weighted by molar-refractivity contribution is 8.13. The average molecular weight is 384 g/mol. The fraction of sp³-hybridized carbons (Fsp3) is 0.500. The van der Waals surface area contributed by atoms with Gasteiger partial charge in [-0.3, -0.25) is 9.59 Å². The molecule has 1 amide bonds. The van der Waals surface area contributed by atoms with Crippen molar-refractivity contribution >= 4 is 40.5 Å². The largest absolute Gasteiger partial charge is 0.464 e. The number of hydrogen-bond donors (Lipinski definition) is 1. The lowest BCUT2D eigenvalue weighted by atomic mass is 10.00. The summed E-state index contributed by atoms with van der Waals surface area (Å²) in [6, 6.07) is 8.96. The maximum Gasteiger partial charge on any atom is 0.329 e. The van der Waals surface area contributed by atoms with Crippen LogP contribution in [0.1, 0.15) is 19.4 Å². The molecule has 0 spiro atoms. The number of carbonyl (C=O) groups is 3. The molecule has 0 fully saturated rings. The van der Waals surface area contributed by atoms with Gasteiger partial charge in [-0.1, -0.05) is 42.1 Å². The molecular formula is C18H25NO4S2. The first-order valence-electron chi connectivity index (χ1n) is 8.11. The molecule has 0 bridgehead atoms. The molecule has 7 heteroatoms. The van der Waals surface area contributed by atoms with Crippen molar-refractivity contribution in [1.82, 2.24) is 5.32 Å². The molecule has 0 radical (unpaired) electrons. The van der Waals surface area contributed by atoms with Crippen LogP contribution in [0.5, 0.6) is 0 Å². The van der Waals surface area contributed by atoms with Crippen molar-refractivity contribution < 1.29 is 19.1 Å². The van der Waals surface area contributed by atoms with Crippen LogP contribution in [0.4, 0.5) is 0 Å². The number of ether oxygens (including phenoxy) is 1. The SMILES string of the molecule is CCOC(=O)[C@H](CSC)NC(=O)[C@H](CSC(C)=O)Cc1ccccc1. The second-order valence-corrected chi connectivity index (χ2v) is 7.57. The van der Waals surface area contributed by atoms with Gasteiger partial charge in [0.2, 0.25) is 5.91 Å². The van der Waals surface area contributed by atoms with E-state index in [1.165, 1.54) is 18.7 Å². The molecule has 0 unspecified atom stereocenters. The maximum atomic E-state index is 12.7. The molecule has 0 aliphatic rings. The zero-order chi connectivity index (χ0) is 18.7. The number of benzene rings is 1. The number of amides is 1. The third-order valence-corrected chi connectivity index (χ3v) is 5.05. The van der Waals surface area contributed by atoms with Gasteiger partial charge in [0.1, 0.15) is 6.04 Å². The molecule has 0 aliphatic carbocycles. The van der Waals surface area contributed by atoms with Crippen molar-refractivity contribution in [3.63, 3.8) is 0 Å². The van der Waals surface area contributed by atoms with E-state index in [-0.39, 0.29) is 17.6 Å². The number of hydrogen-bond acceptors (Lipinski definition) is 6. The molecule has 138 valence electrons. The summed E-state index contributed by atoms with van der Waals surface area (Å²) in [5.41, 5.74) is 1.02. The first-order chi connectivity index (χ1) is 12.0. The van der Waals surface area contributed by atoms with Crippen molar-refractivity contribution in [2.24, 2.45) is 5.92 Å². The fourth-order valence-corrected chi connectivity index (χ4v) is 3.47. The minimum atomic E-state index is -0.678. The van der Waals surface area contributed by atoms with Gasteiger partial charge < -0.3 is 10.1 Å². The number of thioether (sulfide) groups is 2. The minimum Gasteiger partial charge on any atom is -0.464 e. The Morgan fingerprint density at radius 2 is 1.84 bits per heavy atom. The van der Waals surface area contributed by atoms with Gasteiger partial charge in [-0.25, -0.2) is 4.79 Å². The second kappa shape index (κ2) is 12.0. The van der Waals surface area contributed by atoms with Crippen molar-refractivity contribution in [3.8, 4) is 0 Å². The number of esters is 1. The fourth-order valence-electron chi connectivity index (χ4n) is 2.21. The number of carbonyl (C=O) groups excluding carboxylic acids is 3. The van der Waals surface area contributed by atoms with Crippen LogP contribution in [0.25, 0.3) is 0 Å². The van der Waals surface area contributed by atoms with E-state index >= 15 is 0 Å². The van der Waals surface area contributed by atoms with E-state index in [0.29, 0.717) is 17.9 Å². The Kier molecular flexibility index (Phi) is 10.3. The molecular weight excluding hydrogens is 358 g/mol. The van der Waals surface area contributed by atoms with Crippen LogP contribution >= 0.6 is 23.5 Å². The molecule has 1 N–H and O–H groups in total. The third kappa shape index (κ3) is 8.45. The highest BCUT2D eigenvalue weighted by Crippen LogP contribution is 2.16. The summed E-state index contributed by atoms with van der Waals surface area (Å²) in [6.45, 7) is 3.49. The molecule has 0 saturated heterocycles. The zero-order valence-electron chi connectivity index (χ0n) is 14.8. The summed E-state index contributed by atoms with van der Waals surface area (Å²) >= 11 is 2.59. The zero-order valence-corrected chi connectivity index (χ0v) is 16.5. The highest BCUT2D eigenvalue weighted by Gasteiger charge is 2.26. The van der Waals surface area contributed by atoms with Crippen LogP contribution in [0.2, 0.25) is 0 Å². The Hall–Kier alpha value is -1.47. The van der Waals surface area contributed by atoms with Gasteiger partial charge in [0.25, 0.3) is 0 Å². The highest BCUT2D eigenvalue weighted by atomic mass is 32.2. The Labute approximate surface area is 157 Å². The first kappa shape index (κ1) is 21.6. The van der Waals surface area contributed by atoms with E-state index in [1.807, 2.05) is 36.6 Å². The van der Waals surface area contributed by atoms with Gasteiger partial charge >= 0.3 is 5.97 Å². The summed E-state index contributed by atoms with van der Waals surface area (Å²) in [7, 11) is 0. The molecule has 1 rings (SSSR count). The van der Waals surface area contributed by atoms with Gasteiger partial charge in [0.15, 0.2) is 5.12 Å². The van der Waals surface area contributed by atoms with Crippen LogP contribution in [0.3, 0.4) is 0 Å². The Bertz CT molecular complexity index is 565. The van der Waals surface area contributed by atoms with Gasteiger partial charge in [-0.15, -0.1) is 0 Å². The molecule has 25 heavy (non-hydrogen) atoms. The van der Waals surface area contributed by atoms with Crippen LogP contribution < -0.4 is 5.32 Å². The third-order valence-electron chi connectivity index (χ3n) is 3.40. The summed E-state index contributed by atoms with van der Waals surface area (Å²) in [5, 5.41) is 2.76. The summed E-state index contributed by atoms with van der Waals surface area (Å²) in [5.74, 6) is -0.226. The normalized spacial score (nSPS) is 12.9. The molecule has 0 aliphatic heterocycles. The molecule has 0 aromatic heterocycles. The van der Waals surface area contributed by atoms with Crippen molar-refractivity contribution in [3.05, 3.63) is 35.9 Å². The van der Waals surface area contributed by atoms with Gasteiger partial charge in [0, 0.05) is 18.4 Å². The van der Waals surface area contributed by atoms with Crippen molar-refractivity contribution in [1.29, 1.82) is 0 Å². The molecule has 2 atom stereocenters. The lowest BCUT2D eigenvalue weighted by Gasteiger charge is -2.21. The van der Waals surface area contributed by atoms with E-state index in [0.717, 1.165) is 17.3 Å².